The second kappa shape index (κ2) is 6.23. The van der Waals surface area contributed by atoms with E-state index in [4.69, 9.17) is 4.42 Å². The van der Waals surface area contributed by atoms with Crippen LogP contribution in [0.1, 0.15) is 0 Å². The molecule has 84 valence electrons. The van der Waals surface area contributed by atoms with Crippen molar-refractivity contribution in [3.8, 4) is 0 Å². The van der Waals surface area contributed by atoms with Gasteiger partial charge in [0.1, 0.15) is 5.52 Å². The molecule has 0 saturated heterocycles. The van der Waals surface area contributed by atoms with Gasteiger partial charge >= 0.3 is 0 Å². The van der Waals surface area contributed by atoms with Gasteiger partial charge in [-0.2, -0.15) is 0 Å². The van der Waals surface area contributed by atoms with Gasteiger partial charge in [-0.1, -0.05) is 30.4 Å². The van der Waals surface area contributed by atoms with E-state index >= 15 is 0 Å². The molecule has 0 aliphatic carbocycles. The zero-order valence-electron chi connectivity index (χ0n) is 9.23. The maximum absolute atomic E-state index is 5.01. The van der Waals surface area contributed by atoms with Crippen molar-refractivity contribution in [3.63, 3.8) is 0 Å². The number of nitrogens with zero attached hydrogens (tertiary/aromatic N) is 2. The summed E-state index contributed by atoms with van der Waals surface area (Å²) in [5.41, 5.74) is 1.76. The van der Waals surface area contributed by atoms with E-state index in [0.717, 1.165) is 11.1 Å². The van der Waals surface area contributed by atoms with Gasteiger partial charge in [-0.25, -0.2) is 4.98 Å². The molecule has 3 rings (SSSR count). The first-order chi connectivity index (χ1) is 8.47. The minimum Gasteiger partial charge on any atom is -0.443 e. The molecule has 2 heterocycles. The predicted molar refractivity (Wildman–Crippen MR) is 69.9 cm³/mol. The molecule has 17 heavy (non-hydrogen) atoms. The lowest BCUT2D eigenvalue weighted by Crippen LogP contribution is -1.63. The molecule has 1 aliphatic heterocycles. The Morgan fingerprint density at radius 3 is 2.65 bits per heavy atom. The molecule has 3 nitrogen and oxygen atoms in total. The fourth-order valence-corrected chi connectivity index (χ4v) is 1.24. The summed E-state index contributed by atoms with van der Waals surface area (Å²) in [5, 5.41) is 0. The lowest BCUT2D eigenvalue weighted by Gasteiger charge is -1.79. The number of allylic oxidation sites excluding steroid dienone is 5. The quantitative estimate of drug-likeness (QED) is 0.686. The Bertz CT molecular complexity index is 490. The summed E-state index contributed by atoms with van der Waals surface area (Å²) in [6.45, 7) is 0. The largest absolute Gasteiger partial charge is 0.443 e. The number of benzene rings is 1. The molecular formula is C14H12N2O. The topological polar surface area (TPSA) is 38.4 Å². The Morgan fingerprint density at radius 2 is 1.71 bits per heavy atom. The third-order valence-electron chi connectivity index (χ3n) is 2.03. The van der Waals surface area contributed by atoms with Gasteiger partial charge in [-0.3, -0.25) is 4.99 Å². The number of fused-ring (bicyclic) bond motifs is 1. The summed E-state index contributed by atoms with van der Waals surface area (Å²) < 4.78 is 5.01. The van der Waals surface area contributed by atoms with Gasteiger partial charge < -0.3 is 4.42 Å². The van der Waals surface area contributed by atoms with E-state index in [0.29, 0.717) is 0 Å². The molecule has 0 amide bonds. The van der Waals surface area contributed by atoms with Crippen LogP contribution >= 0.6 is 0 Å². The van der Waals surface area contributed by atoms with Crippen LogP contribution in [-0.4, -0.2) is 11.2 Å². The summed E-state index contributed by atoms with van der Waals surface area (Å²) in [7, 11) is 0. The second-order valence-corrected chi connectivity index (χ2v) is 3.23. The van der Waals surface area contributed by atoms with Gasteiger partial charge in [-0.15, -0.1) is 0 Å². The standard InChI is InChI=1S/C7H5NO.C7H7N/c1-2-4-7-6(3-1)8-5-9-7;1-2-4-6-8-7-5-3-1/h1-5H;1-7H/b;2-1-,3-1?,4-2?,5-3-,6-4-,7-5?,8-6?,8-7-. The number of para-hydroxylation sites is 2. The zero-order valence-corrected chi connectivity index (χ0v) is 9.23. The van der Waals surface area contributed by atoms with E-state index in [-0.39, 0.29) is 0 Å². The molecule has 1 aromatic heterocycles. The summed E-state index contributed by atoms with van der Waals surface area (Å²) in [5.74, 6) is 0. The third kappa shape index (κ3) is 3.57. The fourth-order valence-electron chi connectivity index (χ4n) is 1.24. The van der Waals surface area contributed by atoms with Gasteiger partial charge in [-0.05, 0) is 24.3 Å². The number of rotatable bonds is 0. The van der Waals surface area contributed by atoms with Crippen LogP contribution in [0.2, 0.25) is 0 Å². The minimum absolute atomic E-state index is 0.845. The van der Waals surface area contributed by atoms with Crippen molar-refractivity contribution in [1.29, 1.82) is 0 Å². The van der Waals surface area contributed by atoms with Crippen LogP contribution in [-0.2, 0) is 0 Å². The van der Waals surface area contributed by atoms with E-state index in [9.17, 15) is 0 Å². The summed E-state index contributed by atoms with van der Waals surface area (Å²) in [6.07, 6.45) is 14.6. The van der Waals surface area contributed by atoms with Gasteiger partial charge in [0.05, 0.1) is 0 Å². The fraction of sp³-hybridized carbons (Fsp3) is 0. The SMILES string of the molecule is C1=C\C=C/N=C\C=C/1.c1ccc2ocnc2c1. The zero-order chi connectivity index (χ0) is 11.8. The Hall–Kier alpha value is -2.42. The first-order valence-electron chi connectivity index (χ1n) is 5.27. The van der Waals surface area contributed by atoms with Crippen LogP contribution in [0.15, 0.2) is 76.6 Å². The maximum atomic E-state index is 5.01. The smallest absolute Gasteiger partial charge is 0.181 e. The van der Waals surface area contributed by atoms with Gasteiger partial charge in [0.15, 0.2) is 12.0 Å². The highest BCUT2D eigenvalue weighted by atomic mass is 16.3. The average Bonchev–Trinajstić information content (AvgIpc) is 2.76. The Kier molecular flexibility index (Phi) is 4.06. The first-order valence-corrected chi connectivity index (χ1v) is 5.27. The molecule has 2 aromatic rings. The van der Waals surface area contributed by atoms with Gasteiger partial charge in [0, 0.05) is 12.4 Å². The Morgan fingerprint density at radius 1 is 0.882 bits per heavy atom. The summed E-state index contributed by atoms with van der Waals surface area (Å²) in [4.78, 5) is 7.84. The van der Waals surface area contributed by atoms with Crippen LogP contribution in [0, 0.1) is 0 Å². The van der Waals surface area contributed by atoms with Crippen molar-refractivity contribution in [3.05, 3.63) is 67.2 Å². The van der Waals surface area contributed by atoms with Gasteiger partial charge in [0.25, 0.3) is 0 Å². The number of hydrogen-bond donors (Lipinski definition) is 0. The number of oxazole rings is 1. The molecule has 1 aromatic carbocycles. The normalized spacial score (nSPS) is 20.5. The van der Waals surface area contributed by atoms with Gasteiger partial charge in [0.2, 0.25) is 0 Å². The van der Waals surface area contributed by atoms with E-state index in [2.05, 4.69) is 9.98 Å². The molecule has 0 unspecified atom stereocenters. The molecule has 1 aliphatic rings. The van der Waals surface area contributed by atoms with Crippen molar-refractivity contribution in [2.45, 2.75) is 0 Å². The minimum atomic E-state index is 0.845. The van der Waals surface area contributed by atoms with Crippen LogP contribution in [0.5, 0.6) is 0 Å². The van der Waals surface area contributed by atoms with Crippen LogP contribution < -0.4 is 0 Å². The van der Waals surface area contributed by atoms with Crippen LogP contribution in [0.3, 0.4) is 0 Å². The monoisotopic (exact) mass is 224 g/mol. The molecule has 0 spiro atoms. The molecule has 0 saturated carbocycles. The second-order valence-electron chi connectivity index (χ2n) is 3.23. The molecule has 0 fully saturated rings. The van der Waals surface area contributed by atoms with E-state index in [1.54, 1.807) is 12.4 Å². The number of hydrogen-bond acceptors (Lipinski definition) is 3. The molecule has 0 bridgehead atoms. The van der Waals surface area contributed by atoms with Crippen molar-refractivity contribution in [1.82, 2.24) is 4.98 Å². The van der Waals surface area contributed by atoms with E-state index in [1.807, 2.05) is 54.6 Å². The van der Waals surface area contributed by atoms with Crippen molar-refractivity contribution in [2.24, 2.45) is 4.99 Å². The summed E-state index contributed by atoms with van der Waals surface area (Å²) in [6, 6.07) is 7.67. The lowest BCUT2D eigenvalue weighted by atomic mass is 10.3. The first kappa shape index (κ1) is 11.1. The third-order valence-corrected chi connectivity index (χ3v) is 2.03. The lowest BCUT2D eigenvalue weighted by molar-refractivity contribution is 0.602. The number of aliphatic imine (C=N–C) groups is 1. The summed E-state index contributed by atoms with van der Waals surface area (Å²) >= 11 is 0. The van der Waals surface area contributed by atoms with E-state index in [1.165, 1.54) is 6.39 Å². The average molecular weight is 224 g/mol. The highest BCUT2D eigenvalue weighted by molar-refractivity contribution is 5.72. The molecule has 3 heteroatoms. The Labute approximate surface area is 99.5 Å². The van der Waals surface area contributed by atoms with Crippen molar-refractivity contribution < 1.29 is 4.42 Å². The number of aromatic nitrogens is 1. The Balaban J connectivity index is 0.000000128. The highest BCUT2D eigenvalue weighted by Gasteiger charge is 1.91. The molecule has 0 radical (unpaired) electrons. The highest BCUT2D eigenvalue weighted by Crippen LogP contribution is 2.09. The predicted octanol–water partition coefficient (Wildman–Crippen LogP) is 3.52. The van der Waals surface area contributed by atoms with Crippen LogP contribution in [0.4, 0.5) is 0 Å². The van der Waals surface area contributed by atoms with E-state index < -0.39 is 0 Å². The van der Waals surface area contributed by atoms with Crippen molar-refractivity contribution >= 4 is 17.3 Å². The maximum Gasteiger partial charge on any atom is 0.181 e. The van der Waals surface area contributed by atoms with Crippen LogP contribution in [0.25, 0.3) is 11.1 Å². The molecule has 0 N–H and O–H groups in total. The molecule has 0 atom stereocenters. The molecular weight excluding hydrogens is 212 g/mol. The van der Waals surface area contributed by atoms with Crippen molar-refractivity contribution in [2.75, 3.05) is 0 Å².